The normalized spacial score (nSPS) is 24.6. The van der Waals surface area contributed by atoms with Crippen molar-refractivity contribution in [2.75, 3.05) is 13.7 Å². The zero-order valence-corrected chi connectivity index (χ0v) is 15.2. The zero-order chi connectivity index (χ0) is 17.6. The summed E-state index contributed by atoms with van der Waals surface area (Å²) < 4.78 is 7.66. The van der Waals surface area contributed by atoms with Crippen LogP contribution in [-0.2, 0) is 4.74 Å². The van der Waals surface area contributed by atoms with E-state index >= 15 is 0 Å². The maximum Gasteiger partial charge on any atom is 0.259 e. The van der Waals surface area contributed by atoms with Crippen molar-refractivity contribution in [3.8, 4) is 0 Å². The third-order valence-corrected chi connectivity index (χ3v) is 6.17. The molecule has 0 unspecified atom stereocenters. The minimum Gasteiger partial charge on any atom is -0.378 e. The maximum atomic E-state index is 13.2. The van der Waals surface area contributed by atoms with E-state index in [9.17, 15) is 4.79 Å². The van der Waals surface area contributed by atoms with Crippen molar-refractivity contribution in [2.24, 2.45) is 5.41 Å². The summed E-state index contributed by atoms with van der Waals surface area (Å²) in [4.78, 5) is 19.6. The summed E-state index contributed by atoms with van der Waals surface area (Å²) in [5, 5.41) is 4.28. The van der Waals surface area contributed by atoms with Crippen LogP contribution in [0.3, 0.4) is 0 Å². The zero-order valence-electron chi connectivity index (χ0n) is 15.2. The first-order valence-electron chi connectivity index (χ1n) is 9.26. The molecular formula is C19H26N4O2. The minimum absolute atomic E-state index is 0.0133. The molecule has 1 spiro atoms. The molecule has 25 heavy (non-hydrogen) atoms. The van der Waals surface area contributed by atoms with Gasteiger partial charge >= 0.3 is 0 Å². The van der Waals surface area contributed by atoms with E-state index in [1.807, 2.05) is 31.1 Å². The number of amides is 1. The number of rotatable bonds is 4. The molecule has 2 aromatic heterocycles. The molecular weight excluding hydrogens is 316 g/mol. The molecule has 1 amide bonds. The molecule has 2 aliphatic rings. The van der Waals surface area contributed by atoms with Gasteiger partial charge in [0.2, 0.25) is 0 Å². The Morgan fingerprint density at radius 3 is 2.92 bits per heavy atom. The lowest BCUT2D eigenvalue weighted by atomic mass is 9.60. The Morgan fingerprint density at radius 2 is 2.20 bits per heavy atom. The second kappa shape index (κ2) is 6.09. The molecule has 0 bridgehead atoms. The second-order valence-electron chi connectivity index (χ2n) is 7.45. The van der Waals surface area contributed by atoms with Crippen LogP contribution < -0.4 is 0 Å². The van der Waals surface area contributed by atoms with Gasteiger partial charge in [-0.2, -0.15) is 5.10 Å². The molecule has 4 rings (SSSR count). The first-order valence-corrected chi connectivity index (χ1v) is 9.26. The van der Waals surface area contributed by atoms with E-state index in [4.69, 9.17) is 4.74 Å². The number of nitrogens with zero attached hydrogens (tertiary/aromatic N) is 4. The van der Waals surface area contributed by atoms with Gasteiger partial charge in [-0.1, -0.05) is 12.8 Å². The van der Waals surface area contributed by atoms with Crippen molar-refractivity contribution in [3.63, 3.8) is 0 Å². The summed E-state index contributed by atoms with van der Waals surface area (Å²) in [6.45, 7) is 4.73. The van der Waals surface area contributed by atoms with Crippen molar-refractivity contribution >= 4 is 11.6 Å². The van der Waals surface area contributed by atoms with Crippen molar-refractivity contribution in [2.45, 2.75) is 58.1 Å². The second-order valence-corrected chi connectivity index (χ2v) is 7.45. The first-order chi connectivity index (χ1) is 12.1. The van der Waals surface area contributed by atoms with Gasteiger partial charge < -0.3 is 9.64 Å². The molecule has 2 aromatic rings. The number of ether oxygens (including phenoxy) is 1. The summed E-state index contributed by atoms with van der Waals surface area (Å²) >= 11 is 0. The molecule has 0 aliphatic heterocycles. The van der Waals surface area contributed by atoms with Gasteiger partial charge in [0.05, 0.1) is 12.3 Å². The highest BCUT2D eigenvalue weighted by atomic mass is 16.5. The molecule has 2 fully saturated rings. The Hall–Kier alpha value is -1.95. The van der Waals surface area contributed by atoms with Crippen LogP contribution in [0, 0.1) is 12.3 Å². The summed E-state index contributed by atoms with van der Waals surface area (Å²) in [5.41, 5.74) is 2.25. The standard InChI is InChI=1S/C19H26N4O2/c1-4-25-16-11-15(19(16)8-5-6-9-19)22(3)18(24)14-12-20-23-10-7-13(2)21-17(14)23/h7,10,12,15-16H,4-6,8-9,11H2,1-3H3/t15-,16+/m1/s1. The van der Waals surface area contributed by atoms with Crippen molar-refractivity contribution in [1.29, 1.82) is 0 Å². The van der Waals surface area contributed by atoms with Gasteiger partial charge in [0.1, 0.15) is 5.56 Å². The molecule has 2 atom stereocenters. The lowest BCUT2D eigenvalue weighted by Gasteiger charge is -2.56. The Balaban J connectivity index is 1.61. The van der Waals surface area contributed by atoms with Crippen LogP contribution in [0.4, 0.5) is 0 Å². The molecule has 6 heteroatoms. The van der Waals surface area contributed by atoms with Gasteiger partial charge in [0.15, 0.2) is 5.65 Å². The summed E-state index contributed by atoms with van der Waals surface area (Å²) in [6, 6.07) is 2.14. The molecule has 2 saturated carbocycles. The maximum absolute atomic E-state index is 13.2. The number of fused-ring (bicyclic) bond motifs is 1. The van der Waals surface area contributed by atoms with E-state index in [1.54, 1.807) is 10.7 Å². The number of carbonyl (C=O) groups is 1. The SMILES string of the molecule is CCO[C@H]1C[C@@H](N(C)C(=O)c2cnn3ccc(C)nc23)C12CCCC2. The first kappa shape index (κ1) is 16.5. The van der Waals surface area contributed by atoms with E-state index in [2.05, 4.69) is 17.0 Å². The lowest BCUT2D eigenvalue weighted by molar-refractivity contribution is -0.152. The Morgan fingerprint density at radius 1 is 1.44 bits per heavy atom. The molecule has 134 valence electrons. The van der Waals surface area contributed by atoms with Crippen molar-refractivity contribution in [3.05, 3.63) is 29.7 Å². The minimum atomic E-state index is 0.0133. The van der Waals surface area contributed by atoms with Crippen LogP contribution in [0.25, 0.3) is 5.65 Å². The molecule has 2 heterocycles. The molecule has 2 aliphatic carbocycles. The third kappa shape index (κ3) is 2.46. The highest BCUT2D eigenvalue weighted by Gasteiger charge is 2.58. The number of hydrogen-bond acceptors (Lipinski definition) is 4. The monoisotopic (exact) mass is 342 g/mol. The number of hydrogen-bond donors (Lipinski definition) is 0. The third-order valence-electron chi connectivity index (χ3n) is 6.17. The quantitative estimate of drug-likeness (QED) is 0.857. The average molecular weight is 342 g/mol. The predicted octanol–water partition coefficient (Wildman–Crippen LogP) is 2.85. The fourth-order valence-corrected chi connectivity index (χ4v) is 4.84. The van der Waals surface area contributed by atoms with Gasteiger partial charge in [-0.05, 0) is 39.2 Å². The lowest BCUT2D eigenvalue weighted by Crippen LogP contribution is -2.64. The molecule has 0 saturated heterocycles. The fourth-order valence-electron chi connectivity index (χ4n) is 4.84. The van der Waals surface area contributed by atoms with E-state index in [0.29, 0.717) is 17.3 Å². The number of aryl methyl sites for hydroxylation is 1. The van der Waals surface area contributed by atoms with Crippen LogP contribution in [0.1, 0.15) is 55.1 Å². The van der Waals surface area contributed by atoms with Crippen LogP contribution in [0.15, 0.2) is 18.5 Å². The highest BCUT2D eigenvalue weighted by molar-refractivity contribution is 5.99. The largest absolute Gasteiger partial charge is 0.378 e. The topological polar surface area (TPSA) is 59.7 Å². The van der Waals surface area contributed by atoms with Gasteiger partial charge in [0, 0.05) is 37.0 Å². The van der Waals surface area contributed by atoms with E-state index < -0.39 is 0 Å². The summed E-state index contributed by atoms with van der Waals surface area (Å²) in [5.74, 6) is 0.0133. The number of carbonyl (C=O) groups excluding carboxylic acids is 1. The highest BCUT2D eigenvalue weighted by Crippen LogP contribution is 2.56. The van der Waals surface area contributed by atoms with Crippen LogP contribution >= 0.6 is 0 Å². The van der Waals surface area contributed by atoms with Crippen molar-refractivity contribution in [1.82, 2.24) is 19.5 Å². The van der Waals surface area contributed by atoms with Gasteiger partial charge in [-0.25, -0.2) is 9.50 Å². The number of aromatic nitrogens is 3. The fraction of sp³-hybridized carbons (Fsp3) is 0.632. The van der Waals surface area contributed by atoms with Crippen LogP contribution in [0.2, 0.25) is 0 Å². The van der Waals surface area contributed by atoms with Crippen LogP contribution in [-0.4, -0.2) is 51.2 Å². The van der Waals surface area contributed by atoms with Gasteiger partial charge in [-0.15, -0.1) is 0 Å². The molecule has 0 radical (unpaired) electrons. The van der Waals surface area contributed by atoms with Gasteiger partial charge in [0.25, 0.3) is 5.91 Å². The van der Waals surface area contributed by atoms with E-state index in [-0.39, 0.29) is 17.4 Å². The van der Waals surface area contributed by atoms with Crippen LogP contribution in [0.5, 0.6) is 0 Å². The van der Waals surface area contributed by atoms with E-state index in [1.165, 1.54) is 12.8 Å². The average Bonchev–Trinajstić information content (AvgIpc) is 3.25. The molecule has 0 aromatic carbocycles. The summed E-state index contributed by atoms with van der Waals surface area (Å²) in [6.07, 6.45) is 9.51. The van der Waals surface area contributed by atoms with Gasteiger partial charge in [-0.3, -0.25) is 4.79 Å². The Kier molecular flexibility index (Phi) is 4.02. The summed E-state index contributed by atoms with van der Waals surface area (Å²) in [7, 11) is 1.93. The smallest absolute Gasteiger partial charge is 0.259 e. The Bertz CT molecular complexity index is 794. The molecule has 0 N–H and O–H groups in total. The van der Waals surface area contributed by atoms with E-state index in [0.717, 1.165) is 31.6 Å². The van der Waals surface area contributed by atoms with Crippen molar-refractivity contribution < 1.29 is 9.53 Å². The predicted molar refractivity (Wildman–Crippen MR) is 94.5 cm³/mol. The Labute approximate surface area is 148 Å². The molecule has 6 nitrogen and oxygen atoms in total.